The number of anilines is 3. The summed E-state index contributed by atoms with van der Waals surface area (Å²) in [6.07, 6.45) is 6.27. The Kier molecular flexibility index (Phi) is 6.93. The van der Waals surface area contributed by atoms with Crippen LogP contribution in [0.5, 0.6) is 5.75 Å². The molecule has 0 aliphatic carbocycles. The number of rotatable bonds is 6. The van der Waals surface area contributed by atoms with Gasteiger partial charge in [0.15, 0.2) is 5.65 Å². The number of fused-ring (bicyclic) bond motifs is 1. The van der Waals surface area contributed by atoms with Crippen LogP contribution in [0.2, 0.25) is 0 Å². The second-order valence-electron chi connectivity index (χ2n) is 10.1. The molecule has 10 nitrogen and oxygen atoms in total. The number of nitrogens with one attached hydrogen (secondary N) is 1. The van der Waals surface area contributed by atoms with Gasteiger partial charge in [0.05, 0.1) is 19.3 Å². The van der Waals surface area contributed by atoms with E-state index in [0.717, 1.165) is 50.6 Å². The monoisotopic (exact) mass is 548 g/mol. The molecule has 5 heterocycles. The van der Waals surface area contributed by atoms with E-state index in [1.54, 1.807) is 22.8 Å². The average molecular weight is 549 g/mol. The fourth-order valence-electron chi connectivity index (χ4n) is 5.41. The molecule has 0 unspecified atom stereocenters. The van der Waals surface area contributed by atoms with Crippen molar-refractivity contribution in [3.05, 3.63) is 71.7 Å². The molecule has 3 aromatic heterocycles. The van der Waals surface area contributed by atoms with Gasteiger partial charge in [-0.15, -0.1) is 0 Å². The Labute approximate surface area is 230 Å². The summed E-state index contributed by atoms with van der Waals surface area (Å²) in [5.74, 6) is 0.441. The van der Waals surface area contributed by atoms with Gasteiger partial charge in [-0.3, -0.25) is 4.79 Å². The quantitative estimate of drug-likeness (QED) is 0.390. The summed E-state index contributed by atoms with van der Waals surface area (Å²) in [6, 6.07) is 6.74. The van der Waals surface area contributed by atoms with Crippen molar-refractivity contribution in [1.29, 1.82) is 0 Å². The van der Waals surface area contributed by atoms with Gasteiger partial charge >= 0.3 is 0 Å². The molecule has 2 saturated heterocycles. The molecule has 0 radical (unpaired) electrons. The second kappa shape index (κ2) is 10.7. The number of aromatic nitrogens is 4. The molecular weight excluding hydrogens is 518 g/mol. The van der Waals surface area contributed by atoms with Gasteiger partial charge in [-0.05, 0) is 44.2 Å². The first-order valence-corrected chi connectivity index (χ1v) is 13.3. The molecule has 1 aromatic carbocycles. The fraction of sp³-hybridized carbons (Fsp3) is 0.357. The molecule has 0 saturated carbocycles. The van der Waals surface area contributed by atoms with Gasteiger partial charge in [0.25, 0.3) is 5.91 Å². The van der Waals surface area contributed by atoms with Crippen LogP contribution in [0.4, 0.5) is 26.1 Å². The fourth-order valence-corrected chi connectivity index (χ4v) is 5.41. The highest BCUT2D eigenvalue weighted by molar-refractivity contribution is 6.07. The number of amides is 1. The SMILES string of the molecule is COc1cc(N2CCN(C)CC2)ncc1C(=O)Nc1cnn2ccc(N3CCC[C@@H]3c3cc(F)ccc3F)nc12. The topological polar surface area (TPSA) is 91.1 Å². The third-order valence-electron chi connectivity index (χ3n) is 7.61. The number of carbonyl (C=O) groups excluding carboxylic acids is 1. The molecule has 1 N–H and O–H groups in total. The molecule has 0 bridgehead atoms. The molecule has 6 rings (SSSR count). The van der Waals surface area contributed by atoms with Crippen LogP contribution in [0.15, 0.2) is 48.9 Å². The van der Waals surface area contributed by atoms with Crippen molar-refractivity contribution in [3.8, 4) is 5.75 Å². The number of methoxy groups -OCH3 is 1. The Hall–Kier alpha value is -4.32. The van der Waals surface area contributed by atoms with Crippen LogP contribution in [0.25, 0.3) is 5.65 Å². The summed E-state index contributed by atoms with van der Waals surface area (Å²) in [7, 11) is 3.61. The lowest BCUT2D eigenvalue weighted by Crippen LogP contribution is -2.44. The van der Waals surface area contributed by atoms with Crippen LogP contribution in [0.3, 0.4) is 0 Å². The minimum Gasteiger partial charge on any atom is -0.496 e. The normalized spacial score (nSPS) is 17.9. The molecule has 1 atom stereocenters. The minimum absolute atomic E-state index is 0.289. The van der Waals surface area contributed by atoms with E-state index in [9.17, 15) is 13.6 Å². The van der Waals surface area contributed by atoms with Crippen molar-refractivity contribution < 1.29 is 18.3 Å². The third-order valence-corrected chi connectivity index (χ3v) is 7.61. The lowest BCUT2D eigenvalue weighted by atomic mass is 10.0. The summed E-state index contributed by atoms with van der Waals surface area (Å²) in [4.78, 5) is 29.0. The maximum absolute atomic E-state index is 14.6. The standard InChI is InChI=1S/C28H30F2N8O2/c1-35-10-12-36(13-11-35)26-15-24(40-2)20(16-31-26)28(39)33-22-17-32-38-9-7-25(34-27(22)38)37-8-3-4-23(37)19-14-18(29)5-6-21(19)30/h5-7,9,14-17,23H,3-4,8,10-13H2,1-2H3,(H,33,39)/t23-/m1/s1. The highest BCUT2D eigenvalue weighted by atomic mass is 19.1. The molecule has 40 heavy (non-hydrogen) atoms. The number of hydrogen-bond donors (Lipinski definition) is 1. The van der Waals surface area contributed by atoms with Gasteiger partial charge in [0, 0.05) is 56.7 Å². The predicted molar refractivity (Wildman–Crippen MR) is 147 cm³/mol. The molecule has 208 valence electrons. The summed E-state index contributed by atoms with van der Waals surface area (Å²) in [5.41, 5.74) is 1.43. The maximum atomic E-state index is 14.6. The first kappa shape index (κ1) is 25.9. The minimum atomic E-state index is -0.478. The van der Waals surface area contributed by atoms with E-state index in [2.05, 4.69) is 32.2 Å². The van der Waals surface area contributed by atoms with E-state index in [4.69, 9.17) is 9.72 Å². The van der Waals surface area contributed by atoms with Crippen LogP contribution in [-0.4, -0.2) is 77.3 Å². The molecule has 1 amide bonds. The molecule has 12 heteroatoms. The zero-order valence-electron chi connectivity index (χ0n) is 22.3. The summed E-state index contributed by atoms with van der Waals surface area (Å²) in [6.45, 7) is 4.20. The molecule has 2 aliphatic rings. The Morgan fingerprint density at radius 3 is 2.67 bits per heavy atom. The van der Waals surface area contributed by atoms with Crippen molar-refractivity contribution >= 4 is 28.9 Å². The van der Waals surface area contributed by atoms with E-state index in [0.29, 0.717) is 41.4 Å². The Bertz CT molecular complexity index is 1550. The third kappa shape index (κ3) is 4.90. The highest BCUT2D eigenvalue weighted by Gasteiger charge is 2.30. The first-order chi connectivity index (χ1) is 19.4. The number of halogens is 2. The number of piperazine rings is 1. The van der Waals surface area contributed by atoms with Gasteiger partial charge < -0.3 is 24.8 Å². The first-order valence-electron chi connectivity index (χ1n) is 13.3. The van der Waals surface area contributed by atoms with Gasteiger partial charge in [-0.1, -0.05) is 0 Å². The maximum Gasteiger partial charge on any atom is 0.261 e. The number of nitrogens with zero attached hydrogens (tertiary/aromatic N) is 7. The number of carbonyl (C=O) groups is 1. The van der Waals surface area contributed by atoms with Gasteiger partial charge in [-0.2, -0.15) is 5.10 Å². The predicted octanol–water partition coefficient (Wildman–Crippen LogP) is 3.76. The van der Waals surface area contributed by atoms with Gasteiger partial charge in [-0.25, -0.2) is 23.3 Å². The number of benzene rings is 1. The van der Waals surface area contributed by atoms with Crippen LogP contribution in [-0.2, 0) is 0 Å². The van der Waals surface area contributed by atoms with E-state index in [1.165, 1.54) is 25.6 Å². The van der Waals surface area contributed by atoms with E-state index >= 15 is 0 Å². The van der Waals surface area contributed by atoms with Crippen LogP contribution in [0.1, 0.15) is 34.8 Å². The molecule has 0 spiro atoms. The smallest absolute Gasteiger partial charge is 0.261 e. The van der Waals surface area contributed by atoms with Crippen molar-refractivity contribution in [2.45, 2.75) is 18.9 Å². The van der Waals surface area contributed by atoms with Crippen molar-refractivity contribution in [1.82, 2.24) is 24.5 Å². The molecule has 2 aliphatic heterocycles. The molecule has 4 aromatic rings. The van der Waals surface area contributed by atoms with Gasteiger partial charge in [0.1, 0.15) is 40.3 Å². The highest BCUT2D eigenvalue weighted by Crippen LogP contribution is 2.37. The zero-order chi connectivity index (χ0) is 27.8. The largest absolute Gasteiger partial charge is 0.496 e. The van der Waals surface area contributed by atoms with Crippen molar-refractivity contribution in [3.63, 3.8) is 0 Å². The van der Waals surface area contributed by atoms with Crippen LogP contribution >= 0.6 is 0 Å². The Balaban J connectivity index is 1.25. The zero-order valence-corrected chi connectivity index (χ0v) is 22.3. The summed E-state index contributed by atoms with van der Waals surface area (Å²) in [5, 5.41) is 7.20. The summed E-state index contributed by atoms with van der Waals surface area (Å²) < 4.78 is 35.6. The Morgan fingerprint density at radius 2 is 1.88 bits per heavy atom. The lowest BCUT2D eigenvalue weighted by Gasteiger charge is -2.33. The van der Waals surface area contributed by atoms with E-state index in [1.807, 2.05) is 4.90 Å². The number of pyridine rings is 1. The lowest BCUT2D eigenvalue weighted by molar-refractivity contribution is 0.102. The van der Waals surface area contributed by atoms with Crippen LogP contribution in [0, 0.1) is 11.6 Å². The van der Waals surface area contributed by atoms with Gasteiger partial charge in [0.2, 0.25) is 0 Å². The summed E-state index contributed by atoms with van der Waals surface area (Å²) >= 11 is 0. The average Bonchev–Trinajstić information content (AvgIpc) is 3.61. The Morgan fingerprint density at radius 1 is 1.05 bits per heavy atom. The van der Waals surface area contributed by atoms with E-state index in [-0.39, 0.29) is 11.6 Å². The number of likely N-dealkylation sites (N-methyl/N-ethyl adjacent to an activating group) is 1. The number of hydrogen-bond acceptors (Lipinski definition) is 8. The van der Waals surface area contributed by atoms with Crippen molar-refractivity contribution in [2.24, 2.45) is 0 Å². The van der Waals surface area contributed by atoms with Crippen LogP contribution < -0.4 is 19.9 Å². The van der Waals surface area contributed by atoms with E-state index < -0.39 is 17.5 Å². The number of ether oxygens (including phenoxy) is 1. The second-order valence-corrected chi connectivity index (χ2v) is 10.1. The molecular formula is C28H30F2N8O2. The molecule has 2 fully saturated rings. The van der Waals surface area contributed by atoms with Crippen molar-refractivity contribution in [2.75, 3.05) is 62.0 Å².